The maximum Gasteiger partial charge on any atom is 0.390 e. The molecular weight excluding hydrogens is 344 g/mol. The number of urea groups is 1. The molecule has 8 nitrogen and oxygen atoms in total. The van der Waals surface area contributed by atoms with E-state index in [9.17, 15) is 9.59 Å². The van der Waals surface area contributed by atoms with Crippen LogP contribution in [0.25, 0.3) is 0 Å². The van der Waals surface area contributed by atoms with Crippen LogP contribution in [-0.4, -0.2) is 90.3 Å². The molecule has 2 aliphatic rings. The molecule has 0 radical (unpaired) electrons. The van der Waals surface area contributed by atoms with Crippen molar-refractivity contribution in [1.82, 2.24) is 20.0 Å². The summed E-state index contributed by atoms with van der Waals surface area (Å²) in [5, 5.41) is 3.33. The summed E-state index contributed by atoms with van der Waals surface area (Å²) in [6.45, 7) is 4.10. The van der Waals surface area contributed by atoms with Crippen molar-refractivity contribution in [3.63, 3.8) is 0 Å². The number of nitrogens with one attached hydrogen (secondary N) is 1. The standard InChI is InChI=1S/C19H26N6O2/c1-13-6-8-14(9-7-13)12-25-15-16(21-18(25)20-10-11-22(2)3)23(4)19(27)24(5)17(15)26/h6-9,15H,10-12H2,1-5H3/p+1. The minimum absolute atomic E-state index is 0.256. The number of likely N-dealkylation sites (N-methyl/N-ethyl adjacent to an activating group) is 3. The lowest BCUT2D eigenvalue weighted by Crippen LogP contribution is -2.61. The molecule has 2 aliphatic heterocycles. The normalized spacial score (nSPS) is 19.8. The first-order chi connectivity index (χ1) is 12.8. The Hall–Kier alpha value is -2.74. The highest BCUT2D eigenvalue weighted by Crippen LogP contribution is 2.20. The second kappa shape index (κ2) is 7.48. The highest BCUT2D eigenvalue weighted by Gasteiger charge is 2.51. The third kappa shape index (κ3) is 3.71. The number of carbonyl (C=O) groups is 2. The summed E-state index contributed by atoms with van der Waals surface area (Å²) >= 11 is 0. The minimum Gasteiger partial charge on any atom is -0.306 e. The molecule has 0 saturated carbocycles. The molecule has 1 aromatic rings. The molecule has 3 rings (SSSR count). The van der Waals surface area contributed by atoms with E-state index in [1.807, 2.05) is 25.6 Å². The highest BCUT2D eigenvalue weighted by atomic mass is 16.2. The lowest BCUT2D eigenvalue weighted by molar-refractivity contribution is -0.553. The number of carbonyl (C=O) groups excluding carboxylic acids is 2. The third-order valence-electron chi connectivity index (χ3n) is 4.85. The molecule has 144 valence electrons. The Kier molecular flexibility index (Phi) is 5.27. The van der Waals surface area contributed by atoms with E-state index < -0.39 is 6.04 Å². The molecule has 1 unspecified atom stereocenters. The van der Waals surface area contributed by atoms with E-state index in [-0.39, 0.29) is 11.9 Å². The summed E-state index contributed by atoms with van der Waals surface area (Å²) in [6.07, 6.45) is 0. The molecule has 27 heavy (non-hydrogen) atoms. The SMILES string of the molecule is Cc1ccc(C[N+]2=C(NCCN(C)C)N=C3C2C(=O)N(C)C(=O)N3C)cc1. The summed E-state index contributed by atoms with van der Waals surface area (Å²) in [5.41, 5.74) is 2.27. The van der Waals surface area contributed by atoms with E-state index in [1.165, 1.54) is 17.5 Å². The average Bonchev–Trinajstić information content (AvgIpc) is 2.98. The van der Waals surface area contributed by atoms with Crippen LogP contribution < -0.4 is 5.32 Å². The Labute approximate surface area is 159 Å². The van der Waals surface area contributed by atoms with Gasteiger partial charge in [-0.05, 0) is 26.6 Å². The van der Waals surface area contributed by atoms with E-state index in [1.54, 1.807) is 7.05 Å². The van der Waals surface area contributed by atoms with Gasteiger partial charge in [-0.1, -0.05) is 34.8 Å². The molecule has 1 N–H and O–H groups in total. The molecule has 3 amide bonds. The largest absolute Gasteiger partial charge is 0.390 e. The number of rotatable bonds is 5. The van der Waals surface area contributed by atoms with Crippen molar-refractivity contribution in [3.8, 4) is 0 Å². The zero-order valence-electron chi connectivity index (χ0n) is 16.6. The van der Waals surface area contributed by atoms with Gasteiger partial charge in [0.05, 0.1) is 13.1 Å². The van der Waals surface area contributed by atoms with Crippen molar-refractivity contribution in [1.29, 1.82) is 0 Å². The second-order valence-corrected chi connectivity index (χ2v) is 7.28. The van der Waals surface area contributed by atoms with Gasteiger partial charge >= 0.3 is 12.0 Å². The lowest BCUT2D eigenvalue weighted by Gasteiger charge is -2.31. The quantitative estimate of drug-likeness (QED) is 0.757. The molecule has 1 fully saturated rings. The monoisotopic (exact) mass is 371 g/mol. The van der Waals surface area contributed by atoms with E-state index in [4.69, 9.17) is 0 Å². The van der Waals surface area contributed by atoms with Crippen LogP contribution in [0.5, 0.6) is 0 Å². The van der Waals surface area contributed by atoms with Crippen LogP contribution in [0.4, 0.5) is 4.79 Å². The summed E-state index contributed by atoms with van der Waals surface area (Å²) in [5.74, 6) is 0.844. The minimum atomic E-state index is -0.596. The van der Waals surface area contributed by atoms with Gasteiger partial charge in [0.2, 0.25) is 11.9 Å². The molecule has 0 aromatic heterocycles. The Morgan fingerprint density at radius 3 is 2.44 bits per heavy atom. The Morgan fingerprint density at radius 1 is 1.15 bits per heavy atom. The lowest BCUT2D eigenvalue weighted by atomic mass is 10.1. The zero-order chi connectivity index (χ0) is 19.7. The van der Waals surface area contributed by atoms with Crippen LogP contribution in [0.1, 0.15) is 11.1 Å². The van der Waals surface area contributed by atoms with Crippen molar-refractivity contribution in [2.24, 2.45) is 4.99 Å². The summed E-state index contributed by atoms with van der Waals surface area (Å²) in [7, 11) is 7.17. The number of amidine groups is 1. The van der Waals surface area contributed by atoms with Gasteiger partial charge < -0.3 is 4.90 Å². The van der Waals surface area contributed by atoms with Crippen LogP contribution in [0.2, 0.25) is 0 Å². The van der Waals surface area contributed by atoms with Crippen LogP contribution in [0.3, 0.4) is 0 Å². The van der Waals surface area contributed by atoms with Crippen molar-refractivity contribution in [2.75, 3.05) is 41.3 Å². The van der Waals surface area contributed by atoms with Gasteiger partial charge in [-0.3, -0.25) is 19.9 Å². The highest BCUT2D eigenvalue weighted by molar-refractivity contribution is 6.22. The Balaban J connectivity index is 1.93. The molecule has 0 bridgehead atoms. The van der Waals surface area contributed by atoms with Crippen molar-refractivity contribution < 1.29 is 14.2 Å². The molecule has 0 spiro atoms. The summed E-state index contributed by atoms with van der Waals surface area (Å²) in [6, 6.07) is 7.25. The number of benzene rings is 1. The fraction of sp³-hybridized carbons (Fsp3) is 0.474. The number of hydrogen-bond donors (Lipinski definition) is 1. The van der Waals surface area contributed by atoms with Gasteiger partial charge in [0.15, 0.2) is 0 Å². The van der Waals surface area contributed by atoms with Crippen molar-refractivity contribution >= 4 is 23.7 Å². The summed E-state index contributed by atoms with van der Waals surface area (Å²) < 4.78 is 1.94. The third-order valence-corrected chi connectivity index (χ3v) is 4.85. The van der Waals surface area contributed by atoms with E-state index in [0.29, 0.717) is 24.9 Å². The molecule has 1 aromatic carbocycles. The number of amides is 3. The van der Waals surface area contributed by atoms with Gasteiger partial charge in [0.1, 0.15) is 0 Å². The van der Waals surface area contributed by atoms with E-state index in [0.717, 1.165) is 17.0 Å². The topological polar surface area (TPSA) is 71.3 Å². The van der Waals surface area contributed by atoms with Gasteiger partial charge in [-0.15, -0.1) is 0 Å². The fourth-order valence-electron chi connectivity index (χ4n) is 3.19. The number of aryl methyl sites for hydroxylation is 1. The number of fused-ring (bicyclic) bond motifs is 1. The predicted octanol–water partition coefficient (Wildman–Crippen LogP) is 0.319. The molecule has 1 saturated heterocycles. The molecular formula is C19H27N6O2+. The number of guanidine groups is 1. The van der Waals surface area contributed by atoms with E-state index >= 15 is 0 Å². The van der Waals surface area contributed by atoms with Crippen molar-refractivity contribution in [3.05, 3.63) is 35.4 Å². The first kappa shape index (κ1) is 19.0. The van der Waals surface area contributed by atoms with E-state index in [2.05, 4.69) is 39.5 Å². The molecule has 1 atom stereocenters. The van der Waals surface area contributed by atoms with Crippen LogP contribution in [-0.2, 0) is 11.3 Å². The van der Waals surface area contributed by atoms with Gasteiger partial charge in [-0.2, -0.15) is 0 Å². The van der Waals surface area contributed by atoms with Crippen LogP contribution in [0.15, 0.2) is 29.3 Å². The Bertz CT molecular complexity index is 812. The van der Waals surface area contributed by atoms with Gasteiger partial charge in [0, 0.05) is 20.6 Å². The molecule has 8 heteroatoms. The predicted molar refractivity (Wildman–Crippen MR) is 104 cm³/mol. The van der Waals surface area contributed by atoms with Gasteiger partial charge in [-0.25, -0.2) is 9.37 Å². The fourth-order valence-corrected chi connectivity index (χ4v) is 3.19. The number of aliphatic imine (C=N–C) groups is 1. The maximum atomic E-state index is 12.9. The molecule has 0 aliphatic carbocycles. The average molecular weight is 371 g/mol. The summed E-state index contributed by atoms with van der Waals surface area (Å²) in [4.78, 5) is 34.4. The first-order valence-corrected chi connectivity index (χ1v) is 9.01. The Morgan fingerprint density at radius 2 is 1.81 bits per heavy atom. The second-order valence-electron chi connectivity index (χ2n) is 7.28. The maximum absolute atomic E-state index is 12.9. The van der Waals surface area contributed by atoms with Gasteiger partial charge in [0.25, 0.3) is 5.91 Å². The van der Waals surface area contributed by atoms with Crippen LogP contribution >= 0.6 is 0 Å². The number of imide groups is 1. The first-order valence-electron chi connectivity index (χ1n) is 9.01. The van der Waals surface area contributed by atoms with Crippen molar-refractivity contribution in [2.45, 2.75) is 19.5 Å². The zero-order valence-corrected chi connectivity index (χ0v) is 16.6. The number of nitrogens with zero attached hydrogens (tertiary/aromatic N) is 5. The smallest absolute Gasteiger partial charge is 0.306 e. The number of hydrogen-bond acceptors (Lipinski definition) is 5. The molecule has 2 heterocycles. The van der Waals surface area contributed by atoms with Crippen LogP contribution in [0, 0.1) is 6.92 Å².